The van der Waals surface area contributed by atoms with Gasteiger partial charge in [0.15, 0.2) is 0 Å². The zero-order chi connectivity index (χ0) is 18.4. The fraction of sp³-hybridized carbons (Fsp3) is 0.889. The number of thioether (sulfide) groups is 1. The molecule has 0 radical (unpaired) electrons. The maximum absolute atomic E-state index is 11.3. The van der Waals surface area contributed by atoms with Crippen molar-refractivity contribution in [3.05, 3.63) is 0 Å². The molecule has 0 fully saturated rings. The van der Waals surface area contributed by atoms with E-state index in [0.717, 1.165) is 30.4 Å². The number of unbranched alkanes of at least 4 members (excludes halogenated alkanes) is 4. The first-order chi connectivity index (χ1) is 11.3. The Morgan fingerprint density at radius 2 is 1.54 bits per heavy atom. The molecule has 0 atom stereocenters. The number of carbonyl (C=O) groups is 1. The van der Waals surface area contributed by atoms with Crippen LogP contribution in [0.4, 0.5) is 4.79 Å². The molecule has 6 heteroatoms. The van der Waals surface area contributed by atoms with Gasteiger partial charge in [0, 0.05) is 0 Å². The molecule has 0 aromatic carbocycles. The third-order valence-corrected chi connectivity index (χ3v) is 5.37. The van der Waals surface area contributed by atoms with Gasteiger partial charge in [0.05, 0.1) is 0 Å². The second-order valence-corrected chi connectivity index (χ2v) is 9.59. The van der Waals surface area contributed by atoms with Crippen LogP contribution in [0.5, 0.6) is 0 Å². The van der Waals surface area contributed by atoms with Crippen LogP contribution in [0.3, 0.4) is 0 Å². The van der Waals surface area contributed by atoms with Gasteiger partial charge in [-0.15, -0.1) is 0 Å². The Hall–Kier alpha value is 0.398. The number of hydroxylamine groups is 2. The van der Waals surface area contributed by atoms with Crippen molar-refractivity contribution < 1.29 is 29.4 Å². The number of rotatable bonds is 12. The molecule has 0 aliphatic heterocycles. The number of thiocarbonyl (C=S) groups is 1. The SMILES string of the molecule is CC(C)CCCCCSC(=S)N(CCCCCC(C)C)O[C](=O)[Mo]. The van der Waals surface area contributed by atoms with E-state index in [4.69, 9.17) is 17.1 Å². The molecule has 0 bridgehead atoms. The van der Waals surface area contributed by atoms with Crippen LogP contribution >= 0.6 is 24.0 Å². The molecular weight excluding hydrogens is 422 g/mol. The average molecular weight is 457 g/mol. The summed E-state index contributed by atoms with van der Waals surface area (Å²) >= 11 is 8.44. The van der Waals surface area contributed by atoms with Crippen LogP contribution in [0.25, 0.3) is 0 Å². The molecule has 0 aliphatic rings. The topological polar surface area (TPSA) is 29.5 Å². The standard InChI is InChI=1S/C18H34NO2S2.Mo/c1-16(2)11-7-5-9-13-19(21-15-20)18(22)23-14-10-6-8-12-17(3)4;/h16-17H,5-14H2,1-4H3;. The van der Waals surface area contributed by atoms with E-state index in [9.17, 15) is 4.79 Å². The normalized spacial score (nSPS) is 11.1. The second kappa shape index (κ2) is 15.6. The predicted octanol–water partition coefficient (Wildman–Crippen LogP) is 6.34. The van der Waals surface area contributed by atoms with E-state index in [1.165, 1.54) is 58.3 Å². The predicted molar refractivity (Wildman–Crippen MR) is 105 cm³/mol. The summed E-state index contributed by atoms with van der Waals surface area (Å²) < 4.78 is 0.410. The van der Waals surface area contributed by atoms with Gasteiger partial charge in [-0.05, 0) is 0 Å². The Kier molecular flexibility index (Phi) is 15.9. The van der Waals surface area contributed by atoms with Crippen molar-refractivity contribution in [1.29, 1.82) is 0 Å². The van der Waals surface area contributed by atoms with Crippen molar-refractivity contribution in [3.63, 3.8) is 0 Å². The van der Waals surface area contributed by atoms with E-state index >= 15 is 0 Å². The van der Waals surface area contributed by atoms with E-state index in [1.54, 1.807) is 16.8 Å². The van der Waals surface area contributed by atoms with Crippen LogP contribution < -0.4 is 0 Å². The number of hydrogen-bond acceptors (Lipinski definition) is 4. The molecule has 0 amide bonds. The molecule has 24 heavy (non-hydrogen) atoms. The molecule has 3 nitrogen and oxygen atoms in total. The van der Waals surface area contributed by atoms with Crippen LogP contribution in [-0.4, -0.2) is 26.0 Å². The molecular formula is C18H34MoNO2S2. The summed E-state index contributed by atoms with van der Waals surface area (Å²) in [5.41, 5.74) is 0. The summed E-state index contributed by atoms with van der Waals surface area (Å²) in [4.78, 5) is 16.6. The zero-order valence-corrected chi connectivity index (χ0v) is 19.4. The summed E-state index contributed by atoms with van der Waals surface area (Å²) in [6.45, 7) is 9.74. The Bertz CT molecular complexity index is 352. The minimum absolute atomic E-state index is 0.284. The summed E-state index contributed by atoms with van der Waals surface area (Å²) in [5.74, 6) is 2.54. The zero-order valence-electron chi connectivity index (χ0n) is 15.7. The third-order valence-electron chi connectivity index (χ3n) is 3.68. The van der Waals surface area contributed by atoms with E-state index < -0.39 is 0 Å². The van der Waals surface area contributed by atoms with Gasteiger partial charge in [-0.1, -0.05) is 0 Å². The quantitative estimate of drug-likeness (QED) is 0.148. The average Bonchev–Trinajstić information content (AvgIpc) is 2.48. The van der Waals surface area contributed by atoms with Gasteiger partial charge in [0.1, 0.15) is 0 Å². The van der Waals surface area contributed by atoms with Gasteiger partial charge in [-0.3, -0.25) is 0 Å². The summed E-state index contributed by atoms with van der Waals surface area (Å²) in [7, 11) is 0. The molecule has 0 N–H and O–H groups in total. The van der Waals surface area contributed by atoms with Crippen molar-refractivity contribution in [2.24, 2.45) is 11.8 Å². The fourth-order valence-electron chi connectivity index (χ4n) is 2.31. The van der Waals surface area contributed by atoms with Crippen LogP contribution in [-0.2, 0) is 24.7 Å². The van der Waals surface area contributed by atoms with E-state index in [0.29, 0.717) is 10.9 Å². The number of carbonyl (C=O) groups excluding carboxylic acids is 1. The molecule has 0 aliphatic carbocycles. The van der Waals surface area contributed by atoms with Crippen molar-refractivity contribution in [2.75, 3.05) is 12.3 Å². The van der Waals surface area contributed by atoms with Gasteiger partial charge < -0.3 is 0 Å². The molecule has 0 aromatic heterocycles. The summed E-state index contributed by atoms with van der Waals surface area (Å²) in [5, 5.41) is 1.62. The third kappa shape index (κ3) is 15.9. The van der Waals surface area contributed by atoms with E-state index in [1.807, 2.05) is 0 Å². The van der Waals surface area contributed by atoms with Crippen molar-refractivity contribution in [2.45, 2.75) is 79.1 Å². The second-order valence-electron chi connectivity index (χ2n) is 7.04. The Morgan fingerprint density at radius 1 is 1.00 bits per heavy atom. The number of hydrogen-bond donors (Lipinski definition) is 0. The van der Waals surface area contributed by atoms with Crippen molar-refractivity contribution in [3.8, 4) is 0 Å². The molecule has 0 saturated heterocycles. The van der Waals surface area contributed by atoms with Gasteiger partial charge in [-0.2, -0.15) is 0 Å². The summed E-state index contributed by atoms with van der Waals surface area (Å²) in [6.07, 6.45) is 9.64. The van der Waals surface area contributed by atoms with Gasteiger partial charge in [-0.25, -0.2) is 0 Å². The first-order valence-corrected chi connectivity index (χ1v) is 11.6. The maximum atomic E-state index is 11.3. The van der Waals surface area contributed by atoms with Crippen LogP contribution in [0, 0.1) is 11.8 Å². The van der Waals surface area contributed by atoms with Crippen molar-refractivity contribution >= 4 is 32.7 Å². The molecule has 0 rings (SSSR count). The summed E-state index contributed by atoms with van der Waals surface area (Å²) in [6, 6.07) is 0. The molecule has 0 unspecified atom stereocenters. The molecule has 0 saturated carbocycles. The minimum atomic E-state index is -0.284. The Balaban J connectivity index is 3.96. The van der Waals surface area contributed by atoms with Crippen LogP contribution in [0.15, 0.2) is 0 Å². The monoisotopic (exact) mass is 458 g/mol. The molecule has 0 spiro atoms. The van der Waals surface area contributed by atoms with E-state index in [2.05, 4.69) is 27.7 Å². The van der Waals surface area contributed by atoms with Gasteiger partial charge in [0.25, 0.3) is 0 Å². The van der Waals surface area contributed by atoms with Crippen LogP contribution in [0.2, 0.25) is 0 Å². The van der Waals surface area contributed by atoms with Gasteiger partial charge in [0.2, 0.25) is 0 Å². The molecule has 141 valence electrons. The van der Waals surface area contributed by atoms with Crippen molar-refractivity contribution in [1.82, 2.24) is 5.06 Å². The first kappa shape index (κ1) is 24.4. The Labute approximate surface area is 169 Å². The number of nitrogens with zero attached hydrogens (tertiary/aromatic N) is 1. The van der Waals surface area contributed by atoms with E-state index in [-0.39, 0.29) is 4.36 Å². The van der Waals surface area contributed by atoms with Gasteiger partial charge >= 0.3 is 170 Å². The fourth-order valence-corrected chi connectivity index (χ4v) is 3.71. The van der Waals surface area contributed by atoms with Crippen LogP contribution in [0.1, 0.15) is 79.1 Å². The molecule has 0 heterocycles. The first-order valence-electron chi connectivity index (χ1n) is 9.16. The Morgan fingerprint density at radius 3 is 2.04 bits per heavy atom. The molecule has 0 aromatic rings.